The molecule has 0 aliphatic heterocycles. The van der Waals surface area contributed by atoms with E-state index in [0.29, 0.717) is 6.04 Å². The molecule has 3 aromatic rings. The van der Waals surface area contributed by atoms with Gasteiger partial charge in [-0.25, -0.2) is 9.97 Å². The van der Waals surface area contributed by atoms with E-state index >= 15 is 0 Å². The van der Waals surface area contributed by atoms with E-state index in [2.05, 4.69) is 47.3 Å². The molecule has 26 heavy (non-hydrogen) atoms. The van der Waals surface area contributed by atoms with Gasteiger partial charge in [0.05, 0.1) is 5.69 Å². The van der Waals surface area contributed by atoms with Gasteiger partial charge in [-0.2, -0.15) is 0 Å². The largest absolute Gasteiger partial charge is 0.358 e. The van der Waals surface area contributed by atoms with Crippen LogP contribution in [-0.2, 0) is 6.42 Å². The van der Waals surface area contributed by atoms with E-state index < -0.39 is 0 Å². The van der Waals surface area contributed by atoms with Crippen molar-refractivity contribution in [3.63, 3.8) is 0 Å². The number of anilines is 1. The van der Waals surface area contributed by atoms with Crippen molar-refractivity contribution in [3.8, 4) is 11.3 Å². The molecule has 2 unspecified atom stereocenters. The molecule has 5 rings (SSSR count). The highest BCUT2D eigenvalue weighted by Gasteiger charge is 2.29. The van der Waals surface area contributed by atoms with Gasteiger partial charge in [0.15, 0.2) is 0 Å². The molecule has 0 saturated heterocycles. The lowest BCUT2D eigenvalue weighted by molar-refractivity contribution is 0.302. The number of nitrogens with two attached hydrogens (primary N) is 1. The number of aromatic nitrogens is 3. The van der Waals surface area contributed by atoms with Crippen molar-refractivity contribution in [2.75, 3.05) is 5.32 Å². The smallest absolute Gasteiger partial charge is 0.223 e. The second-order valence-corrected chi connectivity index (χ2v) is 8.30. The highest BCUT2D eigenvalue weighted by atomic mass is 15.1. The first kappa shape index (κ1) is 15.8. The summed E-state index contributed by atoms with van der Waals surface area (Å²) < 4.78 is 0. The molecule has 2 heterocycles. The van der Waals surface area contributed by atoms with E-state index in [0.717, 1.165) is 43.7 Å². The predicted octanol–water partition coefficient (Wildman–Crippen LogP) is 3.91. The average Bonchev–Trinajstić information content (AvgIpc) is 2.93. The summed E-state index contributed by atoms with van der Waals surface area (Å²) in [5, 5.41) is 4.86. The van der Waals surface area contributed by atoms with Crippen molar-refractivity contribution >= 4 is 16.9 Å². The molecule has 0 amide bonds. The maximum atomic E-state index is 6.36. The Labute approximate surface area is 153 Å². The third-order valence-corrected chi connectivity index (χ3v) is 5.93. The van der Waals surface area contributed by atoms with Gasteiger partial charge < -0.3 is 16.0 Å². The van der Waals surface area contributed by atoms with Crippen molar-refractivity contribution in [2.24, 2.45) is 5.73 Å². The standard InChI is InChI=1S/C21H25N5/c1-12-17-18-13(5-3-7-16(18)24-12)9-14-11-23-20(26-19(14)17)25-15-6-4-8-21(2,22)10-15/h3,5,7,11,15,24H,4,6,8-10,22H2,1-2H3,(H,23,25,26). The number of aryl methyl sites for hydroxylation is 1. The zero-order valence-corrected chi connectivity index (χ0v) is 15.4. The Bertz CT molecular complexity index is 1000. The van der Waals surface area contributed by atoms with Crippen LogP contribution in [0.1, 0.15) is 49.4 Å². The van der Waals surface area contributed by atoms with E-state index in [-0.39, 0.29) is 5.54 Å². The fourth-order valence-corrected chi connectivity index (χ4v) is 4.75. The zero-order chi connectivity index (χ0) is 17.9. The molecule has 5 heteroatoms. The number of aromatic amines is 1. The topological polar surface area (TPSA) is 79.6 Å². The Morgan fingerprint density at radius 1 is 1.31 bits per heavy atom. The third-order valence-electron chi connectivity index (χ3n) is 5.93. The van der Waals surface area contributed by atoms with Crippen LogP contribution in [0.3, 0.4) is 0 Å². The second kappa shape index (κ2) is 5.55. The van der Waals surface area contributed by atoms with Crippen molar-refractivity contribution < 1.29 is 0 Å². The molecular formula is C21H25N5. The minimum atomic E-state index is -0.0908. The van der Waals surface area contributed by atoms with Crippen molar-refractivity contribution in [1.29, 1.82) is 0 Å². The van der Waals surface area contributed by atoms with E-state index in [4.69, 9.17) is 10.7 Å². The zero-order valence-electron chi connectivity index (χ0n) is 15.4. The van der Waals surface area contributed by atoms with E-state index in [1.165, 1.54) is 33.3 Å². The number of hydrogen-bond donors (Lipinski definition) is 3. The van der Waals surface area contributed by atoms with Crippen LogP contribution < -0.4 is 11.1 Å². The molecule has 1 aromatic carbocycles. The van der Waals surface area contributed by atoms with Crippen LogP contribution in [-0.4, -0.2) is 26.5 Å². The van der Waals surface area contributed by atoms with Gasteiger partial charge in [0.25, 0.3) is 0 Å². The van der Waals surface area contributed by atoms with Gasteiger partial charge in [-0.3, -0.25) is 0 Å². The van der Waals surface area contributed by atoms with Crippen molar-refractivity contribution in [3.05, 3.63) is 41.2 Å². The Morgan fingerprint density at radius 3 is 3.04 bits per heavy atom. The molecule has 0 radical (unpaired) electrons. The monoisotopic (exact) mass is 347 g/mol. The van der Waals surface area contributed by atoms with Gasteiger partial charge >= 0.3 is 0 Å². The molecule has 1 saturated carbocycles. The van der Waals surface area contributed by atoms with Gasteiger partial charge in [-0.05, 0) is 51.2 Å². The number of rotatable bonds is 2. The second-order valence-electron chi connectivity index (χ2n) is 8.30. The number of H-pyrrole nitrogens is 1. The molecule has 5 nitrogen and oxygen atoms in total. The molecule has 0 spiro atoms. The average molecular weight is 347 g/mol. The minimum absolute atomic E-state index is 0.0908. The SMILES string of the molecule is Cc1[nH]c2cccc3c2c1-c1nc(NC2CCCC(C)(N)C2)ncc1C3. The highest BCUT2D eigenvalue weighted by molar-refractivity contribution is 6.01. The quantitative estimate of drug-likeness (QED) is 0.514. The van der Waals surface area contributed by atoms with Crippen molar-refractivity contribution in [1.82, 2.24) is 15.0 Å². The van der Waals surface area contributed by atoms with E-state index in [1.54, 1.807) is 0 Å². The Kier molecular flexibility index (Phi) is 3.38. The lowest BCUT2D eigenvalue weighted by atomic mass is 9.81. The lowest BCUT2D eigenvalue weighted by Gasteiger charge is -2.35. The Hall–Kier alpha value is -2.40. The van der Waals surface area contributed by atoms with Crippen LogP contribution >= 0.6 is 0 Å². The molecule has 2 aromatic heterocycles. The summed E-state index contributed by atoms with van der Waals surface area (Å²) in [7, 11) is 0. The Balaban J connectivity index is 1.54. The molecule has 4 N–H and O–H groups in total. The van der Waals surface area contributed by atoms with Gasteiger partial charge in [-0.1, -0.05) is 12.1 Å². The minimum Gasteiger partial charge on any atom is -0.358 e. The molecule has 2 aliphatic rings. The summed E-state index contributed by atoms with van der Waals surface area (Å²) in [6, 6.07) is 6.81. The normalized spacial score (nSPS) is 24.5. The third kappa shape index (κ3) is 2.50. The van der Waals surface area contributed by atoms with Gasteiger partial charge in [0.2, 0.25) is 5.95 Å². The summed E-state index contributed by atoms with van der Waals surface area (Å²) >= 11 is 0. The van der Waals surface area contributed by atoms with Crippen molar-refractivity contribution in [2.45, 2.75) is 57.5 Å². The molecule has 134 valence electrons. The highest BCUT2D eigenvalue weighted by Crippen LogP contribution is 2.40. The first-order valence-electron chi connectivity index (χ1n) is 9.52. The lowest BCUT2D eigenvalue weighted by Crippen LogP contribution is -2.45. The molecule has 1 fully saturated rings. The Morgan fingerprint density at radius 2 is 2.19 bits per heavy atom. The van der Waals surface area contributed by atoms with Gasteiger partial charge in [0.1, 0.15) is 0 Å². The fourth-order valence-electron chi connectivity index (χ4n) is 4.75. The van der Waals surface area contributed by atoms with Crippen LogP contribution in [0.2, 0.25) is 0 Å². The number of nitrogens with zero attached hydrogens (tertiary/aromatic N) is 2. The molecule has 2 aliphatic carbocycles. The molecular weight excluding hydrogens is 322 g/mol. The molecule has 2 atom stereocenters. The summed E-state index contributed by atoms with van der Waals surface area (Å²) in [4.78, 5) is 13.1. The summed E-state index contributed by atoms with van der Waals surface area (Å²) in [6.45, 7) is 4.27. The van der Waals surface area contributed by atoms with Crippen LogP contribution in [0.5, 0.6) is 0 Å². The number of benzene rings is 1. The van der Waals surface area contributed by atoms with Crippen LogP contribution in [0, 0.1) is 6.92 Å². The van der Waals surface area contributed by atoms with Crippen LogP contribution in [0.15, 0.2) is 24.4 Å². The predicted molar refractivity (Wildman–Crippen MR) is 105 cm³/mol. The first-order chi connectivity index (χ1) is 12.5. The maximum Gasteiger partial charge on any atom is 0.223 e. The van der Waals surface area contributed by atoms with Gasteiger partial charge in [-0.15, -0.1) is 0 Å². The van der Waals surface area contributed by atoms with Crippen LogP contribution in [0.4, 0.5) is 5.95 Å². The fraction of sp³-hybridized carbons (Fsp3) is 0.429. The summed E-state index contributed by atoms with van der Waals surface area (Å²) in [5.74, 6) is 0.722. The van der Waals surface area contributed by atoms with Crippen LogP contribution in [0.25, 0.3) is 22.2 Å². The first-order valence-corrected chi connectivity index (χ1v) is 9.52. The van der Waals surface area contributed by atoms with E-state index in [9.17, 15) is 0 Å². The number of fused-ring (bicyclic) bond motifs is 2. The maximum absolute atomic E-state index is 6.36. The van der Waals surface area contributed by atoms with E-state index in [1.807, 2.05) is 6.20 Å². The number of nitrogens with one attached hydrogen (secondary N) is 2. The number of hydrogen-bond acceptors (Lipinski definition) is 4. The molecule has 0 bridgehead atoms. The summed E-state index contributed by atoms with van der Waals surface area (Å²) in [6.07, 6.45) is 7.21. The summed E-state index contributed by atoms with van der Waals surface area (Å²) in [5.41, 5.74) is 13.5. The van der Waals surface area contributed by atoms with Gasteiger partial charge in [0, 0.05) is 51.9 Å².